The molecule has 0 radical (unpaired) electrons. The summed E-state index contributed by atoms with van der Waals surface area (Å²) in [6.07, 6.45) is 5.53. The lowest BCUT2D eigenvalue weighted by Crippen LogP contribution is -2.43. The van der Waals surface area contributed by atoms with Crippen LogP contribution >= 0.6 is 11.3 Å². The fourth-order valence-electron chi connectivity index (χ4n) is 3.17. The Kier molecular flexibility index (Phi) is 5.38. The lowest BCUT2D eigenvalue weighted by molar-refractivity contribution is -0.120. The van der Waals surface area contributed by atoms with Gasteiger partial charge in [-0.1, -0.05) is 13.8 Å². The first kappa shape index (κ1) is 17.2. The van der Waals surface area contributed by atoms with E-state index in [9.17, 15) is 9.59 Å². The molecule has 132 valence electrons. The monoisotopic (exact) mass is 351 g/mol. The number of nitrogens with zero attached hydrogens (tertiary/aromatic N) is 2. The molecular formula is C17H25N3O3S. The third-order valence-electron chi connectivity index (χ3n) is 4.41. The van der Waals surface area contributed by atoms with Crippen molar-refractivity contribution in [1.29, 1.82) is 0 Å². The Bertz CT molecular complexity index is 591. The molecule has 1 N–H and O–H groups in total. The van der Waals surface area contributed by atoms with Crippen LogP contribution in [0.3, 0.4) is 0 Å². The second-order valence-electron chi connectivity index (χ2n) is 6.91. The molecule has 1 atom stereocenters. The Morgan fingerprint density at radius 3 is 2.88 bits per heavy atom. The minimum atomic E-state index is -0.453. The van der Waals surface area contributed by atoms with Gasteiger partial charge in [0.15, 0.2) is 5.13 Å². The van der Waals surface area contributed by atoms with Crippen LogP contribution in [0.25, 0.3) is 0 Å². The number of thiazole rings is 1. The molecule has 2 aliphatic rings. The van der Waals surface area contributed by atoms with Crippen LogP contribution in [0.4, 0.5) is 9.93 Å². The summed E-state index contributed by atoms with van der Waals surface area (Å²) < 4.78 is 5.28. The smallest absolute Gasteiger partial charge is 0.410 e. The van der Waals surface area contributed by atoms with Gasteiger partial charge in [-0.2, -0.15) is 0 Å². The van der Waals surface area contributed by atoms with Gasteiger partial charge in [0.2, 0.25) is 5.91 Å². The Labute approximate surface area is 146 Å². The Balaban J connectivity index is 1.61. The maximum Gasteiger partial charge on any atom is 0.410 e. The normalized spacial score (nSPS) is 20.1. The molecular weight excluding hydrogens is 326 g/mol. The highest BCUT2D eigenvalue weighted by Crippen LogP contribution is 2.30. The van der Waals surface area contributed by atoms with E-state index in [1.165, 1.54) is 17.7 Å². The lowest BCUT2D eigenvalue weighted by Gasteiger charge is -2.23. The molecule has 3 rings (SSSR count). The van der Waals surface area contributed by atoms with Crippen molar-refractivity contribution in [2.75, 3.05) is 18.5 Å². The Morgan fingerprint density at radius 2 is 2.12 bits per heavy atom. The van der Waals surface area contributed by atoms with Crippen LogP contribution in [-0.2, 0) is 22.4 Å². The van der Waals surface area contributed by atoms with E-state index in [1.54, 1.807) is 16.2 Å². The predicted molar refractivity (Wildman–Crippen MR) is 93.3 cm³/mol. The summed E-state index contributed by atoms with van der Waals surface area (Å²) in [7, 11) is 0. The van der Waals surface area contributed by atoms with Gasteiger partial charge in [-0.3, -0.25) is 9.69 Å². The van der Waals surface area contributed by atoms with Gasteiger partial charge >= 0.3 is 6.09 Å². The van der Waals surface area contributed by atoms with Gasteiger partial charge < -0.3 is 10.1 Å². The number of rotatable bonds is 4. The number of fused-ring (bicyclic) bond motifs is 1. The van der Waals surface area contributed by atoms with Gasteiger partial charge in [0, 0.05) is 11.4 Å². The molecule has 2 heterocycles. The van der Waals surface area contributed by atoms with Gasteiger partial charge in [-0.05, 0) is 44.4 Å². The number of hydrogen-bond acceptors (Lipinski definition) is 5. The third-order valence-corrected chi connectivity index (χ3v) is 5.48. The zero-order valence-electron chi connectivity index (χ0n) is 14.3. The fourth-order valence-corrected chi connectivity index (χ4v) is 4.23. The minimum absolute atomic E-state index is 0.153. The highest BCUT2D eigenvalue weighted by atomic mass is 32.1. The maximum absolute atomic E-state index is 12.6. The molecule has 0 spiro atoms. The minimum Gasteiger partial charge on any atom is -0.449 e. The van der Waals surface area contributed by atoms with Crippen LogP contribution in [-0.4, -0.2) is 41.1 Å². The van der Waals surface area contributed by atoms with E-state index >= 15 is 0 Å². The van der Waals surface area contributed by atoms with E-state index in [0.29, 0.717) is 24.7 Å². The second-order valence-corrected chi connectivity index (χ2v) is 7.99. The molecule has 1 saturated heterocycles. The first-order chi connectivity index (χ1) is 11.5. The average molecular weight is 351 g/mol. The molecule has 1 fully saturated rings. The average Bonchev–Trinajstić information content (AvgIpc) is 3.18. The van der Waals surface area contributed by atoms with Crippen LogP contribution in [0.1, 0.15) is 50.1 Å². The van der Waals surface area contributed by atoms with Crippen molar-refractivity contribution in [2.45, 2.75) is 58.4 Å². The quantitative estimate of drug-likeness (QED) is 0.904. The van der Waals surface area contributed by atoms with Crippen molar-refractivity contribution in [3.8, 4) is 0 Å². The number of aromatic nitrogens is 1. The molecule has 1 aromatic heterocycles. The summed E-state index contributed by atoms with van der Waals surface area (Å²) in [5, 5.41) is 3.57. The standard InChI is InChI=1S/C17H25N3O3S/c1-11(2)10-23-17(22)20-9-5-7-13(20)15(21)19-16-18-12-6-3-4-8-14(12)24-16/h11,13H,3-10H2,1-2H3,(H,18,19,21)/t13-/m1/s1. The number of hydrogen-bond donors (Lipinski definition) is 1. The van der Waals surface area contributed by atoms with Gasteiger partial charge in [0.1, 0.15) is 6.04 Å². The van der Waals surface area contributed by atoms with E-state index in [4.69, 9.17) is 4.74 Å². The van der Waals surface area contributed by atoms with Gasteiger partial charge in [-0.25, -0.2) is 9.78 Å². The number of carbonyl (C=O) groups is 2. The molecule has 0 saturated carbocycles. The number of aryl methyl sites for hydroxylation is 2. The number of nitrogens with one attached hydrogen (secondary N) is 1. The molecule has 24 heavy (non-hydrogen) atoms. The van der Waals surface area contributed by atoms with Crippen molar-refractivity contribution in [3.05, 3.63) is 10.6 Å². The van der Waals surface area contributed by atoms with E-state index in [2.05, 4.69) is 10.3 Å². The van der Waals surface area contributed by atoms with Crippen LogP contribution in [0.15, 0.2) is 0 Å². The Morgan fingerprint density at radius 1 is 1.33 bits per heavy atom. The van der Waals surface area contributed by atoms with Gasteiger partial charge in [0.25, 0.3) is 0 Å². The second kappa shape index (κ2) is 7.51. The number of ether oxygens (including phenoxy) is 1. The van der Waals surface area contributed by atoms with Crippen molar-refractivity contribution in [3.63, 3.8) is 0 Å². The van der Waals surface area contributed by atoms with Gasteiger partial charge in [0.05, 0.1) is 12.3 Å². The molecule has 2 amide bonds. The third kappa shape index (κ3) is 3.88. The van der Waals surface area contributed by atoms with Crippen LogP contribution in [0, 0.1) is 5.92 Å². The van der Waals surface area contributed by atoms with E-state index in [-0.39, 0.29) is 17.9 Å². The zero-order chi connectivity index (χ0) is 17.1. The summed E-state index contributed by atoms with van der Waals surface area (Å²) in [4.78, 5) is 32.2. The largest absolute Gasteiger partial charge is 0.449 e. The summed E-state index contributed by atoms with van der Waals surface area (Å²) in [6, 6.07) is -0.453. The first-order valence-corrected chi connectivity index (χ1v) is 9.59. The van der Waals surface area contributed by atoms with E-state index < -0.39 is 6.04 Å². The summed E-state index contributed by atoms with van der Waals surface area (Å²) in [5.41, 5.74) is 1.13. The lowest BCUT2D eigenvalue weighted by atomic mass is 10.0. The predicted octanol–water partition coefficient (Wildman–Crippen LogP) is 3.22. The number of carbonyl (C=O) groups excluding carboxylic acids is 2. The first-order valence-electron chi connectivity index (χ1n) is 8.77. The summed E-state index contributed by atoms with van der Waals surface area (Å²) in [5.74, 6) is 0.130. The topological polar surface area (TPSA) is 71.5 Å². The van der Waals surface area contributed by atoms with Crippen molar-refractivity contribution < 1.29 is 14.3 Å². The molecule has 1 aliphatic carbocycles. The van der Waals surface area contributed by atoms with Crippen LogP contribution in [0.2, 0.25) is 0 Å². The number of anilines is 1. The number of likely N-dealkylation sites (tertiary alicyclic amines) is 1. The maximum atomic E-state index is 12.6. The molecule has 1 aliphatic heterocycles. The van der Waals surface area contributed by atoms with Crippen molar-refractivity contribution in [1.82, 2.24) is 9.88 Å². The highest BCUT2D eigenvalue weighted by molar-refractivity contribution is 7.15. The van der Waals surface area contributed by atoms with Crippen molar-refractivity contribution >= 4 is 28.5 Å². The van der Waals surface area contributed by atoms with Gasteiger partial charge in [-0.15, -0.1) is 11.3 Å². The summed E-state index contributed by atoms with van der Waals surface area (Å²) >= 11 is 1.57. The molecule has 6 nitrogen and oxygen atoms in total. The summed E-state index contributed by atoms with van der Waals surface area (Å²) in [6.45, 7) is 4.93. The van der Waals surface area contributed by atoms with Crippen molar-refractivity contribution in [2.24, 2.45) is 5.92 Å². The van der Waals surface area contributed by atoms with E-state index in [0.717, 1.165) is 25.0 Å². The van der Waals surface area contributed by atoms with Crippen LogP contribution < -0.4 is 5.32 Å². The highest BCUT2D eigenvalue weighted by Gasteiger charge is 2.35. The molecule has 0 aromatic carbocycles. The molecule has 1 aromatic rings. The van der Waals surface area contributed by atoms with Crippen LogP contribution in [0.5, 0.6) is 0 Å². The number of amides is 2. The molecule has 7 heteroatoms. The Hall–Kier alpha value is -1.63. The SMILES string of the molecule is CC(C)COC(=O)N1CCC[C@@H]1C(=O)Nc1nc2c(s1)CCCC2. The van der Waals surface area contributed by atoms with E-state index in [1.807, 2.05) is 13.8 Å². The zero-order valence-corrected chi connectivity index (χ0v) is 15.2. The fraction of sp³-hybridized carbons (Fsp3) is 0.706. The molecule has 0 bridgehead atoms. The molecule has 0 unspecified atom stereocenters.